The third kappa shape index (κ3) is 5.75. The van der Waals surface area contributed by atoms with Crippen LogP contribution in [0, 0.1) is 0 Å². The second-order valence-electron chi connectivity index (χ2n) is 8.78. The Kier molecular flexibility index (Phi) is 8.23. The number of rotatable bonds is 5. The summed E-state index contributed by atoms with van der Waals surface area (Å²) in [6.07, 6.45) is 3.32. The fourth-order valence-electron chi connectivity index (χ4n) is 4.54. The van der Waals surface area contributed by atoms with Gasteiger partial charge < -0.3 is 19.4 Å². The second kappa shape index (κ2) is 11.2. The number of hydrogen-bond acceptors (Lipinski definition) is 7. The molecule has 3 heterocycles. The van der Waals surface area contributed by atoms with Gasteiger partial charge in [-0.1, -0.05) is 12.8 Å². The Morgan fingerprint density at radius 3 is 2.29 bits per heavy atom. The zero-order valence-electron chi connectivity index (χ0n) is 20.0. The molecule has 0 bridgehead atoms. The Hall–Kier alpha value is -2.31. The van der Waals surface area contributed by atoms with Crippen LogP contribution in [0.1, 0.15) is 32.6 Å². The molecule has 12 heteroatoms. The fraction of sp³-hybridized carbons (Fsp3) is 0.609. The largest absolute Gasteiger partial charge is 0.450 e. The highest BCUT2D eigenvalue weighted by molar-refractivity contribution is 8.00. The molecule has 3 amide bonds. The lowest BCUT2D eigenvalue weighted by atomic mass is 10.2. The van der Waals surface area contributed by atoms with E-state index in [2.05, 4.69) is 0 Å². The van der Waals surface area contributed by atoms with Crippen molar-refractivity contribution in [3.8, 4) is 0 Å². The summed E-state index contributed by atoms with van der Waals surface area (Å²) in [7, 11) is -3.69. The predicted molar refractivity (Wildman–Crippen MR) is 132 cm³/mol. The van der Waals surface area contributed by atoms with Gasteiger partial charge in [0, 0.05) is 44.2 Å². The number of sulfonamides is 1. The maximum Gasteiger partial charge on any atom is 0.409 e. The van der Waals surface area contributed by atoms with Crippen molar-refractivity contribution >= 4 is 45.4 Å². The molecule has 0 aromatic heterocycles. The van der Waals surface area contributed by atoms with Gasteiger partial charge >= 0.3 is 6.09 Å². The molecule has 0 aliphatic carbocycles. The van der Waals surface area contributed by atoms with Crippen LogP contribution in [-0.4, -0.2) is 98.6 Å². The standard InChI is InChI=1S/C23H32N4O6S2/c1-2-33-23(30)25-13-11-24(12-14-25)21(28)16-27-19-15-18(7-8-20(19)34-17-22(27)29)35(31,32)26-9-5-3-4-6-10-26/h7-8,15H,2-6,9-14,16-17H2,1H3. The van der Waals surface area contributed by atoms with E-state index in [1.807, 2.05) is 0 Å². The van der Waals surface area contributed by atoms with Gasteiger partial charge in [0.15, 0.2) is 0 Å². The second-order valence-corrected chi connectivity index (χ2v) is 11.7. The molecule has 2 saturated heterocycles. The molecule has 0 spiro atoms. The zero-order chi connectivity index (χ0) is 25.0. The van der Waals surface area contributed by atoms with E-state index in [4.69, 9.17) is 4.74 Å². The van der Waals surface area contributed by atoms with E-state index in [1.165, 1.54) is 27.0 Å². The minimum Gasteiger partial charge on any atom is -0.450 e. The average Bonchev–Trinajstić information content (AvgIpc) is 3.16. The normalized spacial score (nSPS) is 19.8. The summed E-state index contributed by atoms with van der Waals surface area (Å²) in [5, 5.41) is 0. The fourth-order valence-corrected chi connectivity index (χ4v) is 6.99. The van der Waals surface area contributed by atoms with Crippen LogP contribution >= 0.6 is 11.8 Å². The van der Waals surface area contributed by atoms with E-state index in [9.17, 15) is 22.8 Å². The van der Waals surface area contributed by atoms with Crippen molar-refractivity contribution in [2.24, 2.45) is 0 Å². The lowest BCUT2D eigenvalue weighted by Crippen LogP contribution is -2.53. The lowest BCUT2D eigenvalue weighted by molar-refractivity contribution is -0.132. The molecule has 2 fully saturated rings. The van der Waals surface area contributed by atoms with Crippen LogP contribution in [-0.2, 0) is 24.3 Å². The first-order valence-electron chi connectivity index (χ1n) is 12.1. The number of anilines is 1. The number of piperazine rings is 1. The first-order chi connectivity index (χ1) is 16.8. The van der Waals surface area contributed by atoms with Crippen molar-refractivity contribution in [2.75, 3.05) is 63.1 Å². The van der Waals surface area contributed by atoms with Crippen molar-refractivity contribution in [2.45, 2.75) is 42.4 Å². The summed E-state index contributed by atoms with van der Waals surface area (Å²) >= 11 is 1.35. The van der Waals surface area contributed by atoms with E-state index in [-0.39, 0.29) is 29.0 Å². The van der Waals surface area contributed by atoms with Crippen molar-refractivity contribution in [3.05, 3.63) is 18.2 Å². The Labute approximate surface area is 210 Å². The first kappa shape index (κ1) is 25.8. The van der Waals surface area contributed by atoms with Crippen LogP contribution in [0.2, 0.25) is 0 Å². The molecule has 4 rings (SSSR count). The summed E-state index contributed by atoms with van der Waals surface area (Å²) in [6.45, 7) is 4.29. The quantitative estimate of drug-likeness (QED) is 0.580. The van der Waals surface area contributed by atoms with Gasteiger partial charge in [0.2, 0.25) is 21.8 Å². The van der Waals surface area contributed by atoms with Crippen LogP contribution in [0.5, 0.6) is 0 Å². The predicted octanol–water partition coefficient (Wildman–Crippen LogP) is 1.99. The maximum absolute atomic E-state index is 13.3. The summed E-state index contributed by atoms with van der Waals surface area (Å²) in [6, 6.07) is 4.86. The topological polar surface area (TPSA) is 108 Å². The van der Waals surface area contributed by atoms with E-state index >= 15 is 0 Å². The van der Waals surface area contributed by atoms with Gasteiger partial charge in [-0.15, -0.1) is 11.8 Å². The third-order valence-electron chi connectivity index (χ3n) is 6.53. The molecule has 0 radical (unpaired) electrons. The Morgan fingerprint density at radius 2 is 1.63 bits per heavy atom. The highest BCUT2D eigenvalue weighted by Gasteiger charge is 2.33. The van der Waals surface area contributed by atoms with Gasteiger partial charge in [-0.2, -0.15) is 4.31 Å². The zero-order valence-corrected chi connectivity index (χ0v) is 21.6. The van der Waals surface area contributed by atoms with Crippen molar-refractivity contribution in [1.29, 1.82) is 0 Å². The molecular weight excluding hydrogens is 492 g/mol. The maximum atomic E-state index is 13.3. The molecule has 35 heavy (non-hydrogen) atoms. The Bertz CT molecular complexity index is 1060. The van der Waals surface area contributed by atoms with E-state index < -0.39 is 16.1 Å². The highest BCUT2D eigenvalue weighted by atomic mass is 32.2. The third-order valence-corrected chi connectivity index (χ3v) is 9.47. The van der Waals surface area contributed by atoms with Crippen molar-refractivity contribution in [3.63, 3.8) is 0 Å². The number of hydrogen-bond donors (Lipinski definition) is 0. The van der Waals surface area contributed by atoms with Crippen LogP contribution < -0.4 is 4.90 Å². The molecule has 0 atom stereocenters. The minimum atomic E-state index is -3.69. The van der Waals surface area contributed by atoms with E-state index in [0.29, 0.717) is 51.6 Å². The molecule has 1 aromatic carbocycles. The number of ether oxygens (including phenoxy) is 1. The van der Waals surface area contributed by atoms with Gasteiger partial charge in [-0.25, -0.2) is 13.2 Å². The van der Waals surface area contributed by atoms with Crippen molar-refractivity contribution in [1.82, 2.24) is 14.1 Å². The van der Waals surface area contributed by atoms with Gasteiger partial charge in [-0.3, -0.25) is 9.59 Å². The van der Waals surface area contributed by atoms with Gasteiger partial charge in [0.05, 0.1) is 22.9 Å². The Morgan fingerprint density at radius 1 is 0.971 bits per heavy atom. The number of carbonyl (C=O) groups is 3. The van der Waals surface area contributed by atoms with Crippen LogP contribution in [0.25, 0.3) is 0 Å². The van der Waals surface area contributed by atoms with Crippen LogP contribution in [0.3, 0.4) is 0 Å². The average molecular weight is 525 g/mol. The number of nitrogens with zero attached hydrogens (tertiary/aromatic N) is 4. The number of carbonyl (C=O) groups excluding carboxylic acids is 3. The summed E-state index contributed by atoms with van der Waals surface area (Å²) < 4.78 is 33.2. The summed E-state index contributed by atoms with van der Waals surface area (Å²) in [5.74, 6) is -0.277. The summed E-state index contributed by atoms with van der Waals surface area (Å²) in [4.78, 5) is 43.3. The highest BCUT2D eigenvalue weighted by Crippen LogP contribution is 2.37. The van der Waals surface area contributed by atoms with Gasteiger partial charge in [-0.05, 0) is 38.0 Å². The SMILES string of the molecule is CCOC(=O)N1CCN(C(=O)CN2C(=O)CSc3ccc(S(=O)(=O)N4CCCCCC4)cc32)CC1. The van der Waals surface area contributed by atoms with E-state index in [0.717, 1.165) is 30.6 Å². The molecule has 192 valence electrons. The molecule has 0 unspecified atom stereocenters. The molecular formula is C23H32N4O6S2. The van der Waals surface area contributed by atoms with Crippen LogP contribution in [0.15, 0.2) is 28.0 Å². The van der Waals surface area contributed by atoms with E-state index in [1.54, 1.807) is 28.9 Å². The van der Waals surface area contributed by atoms with Gasteiger partial charge in [0.25, 0.3) is 0 Å². The van der Waals surface area contributed by atoms with Crippen molar-refractivity contribution < 1.29 is 27.5 Å². The molecule has 3 aliphatic heterocycles. The smallest absolute Gasteiger partial charge is 0.409 e. The molecule has 10 nitrogen and oxygen atoms in total. The number of thioether (sulfide) groups is 1. The van der Waals surface area contributed by atoms with Crippen LogP contribution in [0.4, 0.5) is 10.5 Å². The molecule has 1 aromatic rings. The first-order valence-corrected chi connectivity index (χ1v) is 14.5. The minimum absolute atomic E-state index is 0.147. The number of benzene rings is 1. The summed E-state index contributed by atoms with van der Waals surface area (Å²) in [5.41, 5.74) is 0.459. The van der Waals surface area contributed by atoms with Gasteiger partial charge in [0.1, 0.15) is 6.54 Å². The number of fused-ring (bicyclic) bond motifs is 1. The monoisotopic (exact) mass is 524 g/mol. The lowest BCUT2D eigenvalue weighted by Gasteiger charge is -2.36. The molecule has 0 N–H and O–H groups in total. The number of amides is 3. The molecule has 3 aliphatic rings. The molecule has 0 saturated carbocycles. The Balaban J connectivity index is 1.49.